The normalized spacial score (nSPS) is 11.7. The van der Waals surface area contributed by atoms with Gasteiger partial charge < -0.3 is 9.55 Å². The fraction of sp³-hybridized carbons (Fsp3) is 0.190. The van der Waals surface area contributed by atoms with Crippen molar-refractivity contribution >= 4 is 45.4 Å². The Kier molecular flexibility index (Phi) is 4.80. The smallest absolute Gasteiger partial charge is 0.332 e. The van der Waals surface area contributed by atoms with E-state index in [4.69, 9.17) is 23.2 Å². The number of pyridine rings is 1. The molecule has 0 amide bonds. The molecule has 0 saturated heterocycles. The van der Waals surface area contributed by atoms with E-state index in [1.54, 1.807) is 35.9 Å². The van der Waals surface area contributed by atoms with Crippen LogP contribution in [-0.4, -0.2) is 33.4 Å². The molecule has 0 aliphatic heterocycles. The number of imidazole rings is 1. The number of nitrogens with zero attached hydrogens (tertiary/aromatic N) is 6. The summed E-state index contributed by atoms with van der Waals surface area (Å²) in [5, 5.41) is 5.56. The van der Waals surface area contributed by atoms with E-state index >= 15 is 0 Å². The first-order valence-electron chi connectivity index (χ1n) is 9.86. The van der Waals surface area contributed by atoms with Crippen LogP contribution in [0.1, 0.15) is 11.4 Å². The largest absolute Gasteiger partial charge is 0.341 e. The van der Waals surface area contributed by atoms with E-state index in [-0.39, 0.29) is 28.4 Å². The minimum Gasteiger partial charge on any atom is -0.341 e. The average molecular weight is 486 g/mol. The number of rotatable bonds is 3. The van der Waals surface area contributed by atoms with E-state index in [0.717, 1.165) is 10.3 Å². The van der Waals surface area contributed by atoms with Gasteiger partial charge in [-0.15, -0.1) is 0 Å². The van der Waals surface area contributed by atoms with Crippen molar-refractivity contribution < 1.29 is 0 Å². The third kappa shape index (κ3) is 3.21. The molecule has 0 radical (unpaired) electrons. The van der Waals surface area contributed by atoms with Crippen molar-refractivity contribution in [3.05, 3.63) is 83.1 Å². The van der Waals surface area contributed by atoms with Crippen LogP contribution in [0, 0.1) is 6.92 Å². The Morgan fingerprint density at radius 2 is 1.73 bits per heavy atom. The van der Waals surface area contributed by atoms with Crippen LogP contribution in [0.2, 0.25) is 10.3 Å². The number of aromatic nitrogens is 7. The molecule has 0 spiro atoms. The van der Waals surface area contributed by atoms with Gasteiger partial charge in [0.25, 0.3) is 5.56 Å². The lowest BCUT2D eigenvalue weighted by atomic mass is 10.2. The first-order chi connectivity index (χ1) is 15.7. The summed E-state index contributed by atoms with van der Waals surface area (Å²) >= 11 is 12.3. The van der Waals surface area contributed by atoms with E-state index in [1.165, 1.54) is 29.3 Å². The van der Waals surface area contributed by atoms with Crippen molar-refractivity contribution in [3.8, 4) is 5.69 Å². The van der Waals surface area contributed by atoms with Crippen LogP contribution in [0.3, 0.4) is 0 Å². The van der Waals surface area contributed by atoms with Gasteiger partial charge in [0.1, 0.15) is 5.65 Å². The van der Waals surface area contributed by atoms with Gasteiger partial charge in [-0.2, -0.15) is 10.1 Å². The number of benzene rings is 1. The third-order valence-corrected chi connectivity index (χ3v) is 6.13. The predicted octanol–water partition coefficient (Wildman–Crippen LogP) is 2.12. The fourth-order valence-electron chi connectivity index (χ4n) is 3.95. The molecule has 5 rings (SSSR count). The van der Waals surface area contributed by atoms with Gasteiger partial charge in [0.15, 0.2) is 16.6 Å². The van der Waals surface area contributed by atoms with Crippen LogP contribution in [0.25, 0.3) is 27.9 Å². The van der Waals surface area contributed by atoms with E-state index in [9.17, 15) is 14.4 Å². The second kappa shape index (κ2) is 7.46. The van der Waals surface area contributed by atoms with Crippen molar-refractivity contribution in [1.29, 1.82) is 0 Å². The molecule has 33 heavy (non-hydrogen) atoms. The summed E-state index contributed by atoms with van der Waals surface area (Å²) in [7, 11) is 2.90. The Morgan fingerprint density at radius 3 is 2.42 bits per heavy atom. The molecule has 168 valence electrons. The van der Waals surface area contributed by atoms with Gasteiger partial charge in [-0.3, -0.25) is 18.7 Å². The maximum atomic E-state index is 13.0. The Balaban J connectivity index is 1.72. The molecular weight excluding hydrogens is 469 g/mol. The lowest BCUT2D eigenvalue weighted by molar-refractivity contribution is 0.701. The highest BCUT2D eigenvalue weighted by atomic mass is 35.5. The average Bonchev–Trinajstić information content (AvgIpc) is 3.29. The summed E-state index contributed by atoms with van der Waals surface area (Å²) in [6.45, 7) is 1.81. The summed E-state index contributed by atoms with van der Waals surface area (Å²) in [5.41, 5.74) is 1.34. The number of hydrogen-bond donors (Lipinski definition) is 1. The Labute approximate surface area is 195 Å². The van der Waals surface area contributed by atoms with Gasteiger partial charge in [0.05, 0.1) is 23.3 Å². The number of H-pyrrole nitrogens is 1. The highest BCUT2D eigenvalue weighted by Crippen LogP contribution is 2.21. The Bertz CT molecular complexity index is 1750. The van der Waals surface area contributed by atoms with Gasteiger partial charge in [-0.25, -0.2) is 9.48 Å². The zero-order valence-electron chi connectivity index (χ0n) is 17.8. The maximum absolute atomic E-state index is 13.0. The molecular formula is C21H17Cl2N7O3. The second-order valence-corrected chi connectivity index (χ2v) is 8.48. The summed E-state index contributed by atoms with van der Waals surface area (Å²) in [5.74, 6) is 0. The molecule has 10 nitrogen and oxygen atoms in total. The summed E-state index contributed by atoms with van der Waals surface area (Å²) in [6.07, 6.45) is 0. The number of hydrogen-bond acceptors (Lipinski definition) is 5. The second-order valence-electron chi connectivity index (χ2n) is 7.70. The minimum atomic E-state index is -0.530. The van der Waals surface area contributed by atoms with Gasteiger partial charge in [0, 0.05) is 30.9 Å². The van der Waals surface area contributed by atoms with Crippen LogP contribution < -0.4 is 16.7 Å². The lowest BCUT2D eigenvalue weighted by Crippen LogP contribution is -2.37. The van der Waals surface area contributed by atoms with Crippen LogP contribution >= 0.6 is 23.2 Å². The van der Waals surface area contributed by atoms with Crippen molar-refractivity contribution in [1.82, 2.24) is 33.4 Å². The molecule has 0 atom stereocenters. The maximum Gasteiger partial charge on any atom is 0.332 e. The summed E-state index contributed by atoms with van der Waals surface area (Å²) in [6, 6.07) is 8.50. The molecule has 5 aromatic rings. The zero-order chi connectivity index (χ0) is 23.6. The predicted molar refractivity (Wildman–Crippen MR) is 126 cm³/mol. The summed E-state index contributed by atoms with van der Waals surface area (Å²) < 4.78 is 5.33. The monoisotopic (exact) mass is 485 g/mol. The Morgan fingerprint density at radius 1 is 1.03 bits per heavy atom. The van der Waals surface area contributed by atoms with Crippen LogP contribution in [0.5, 0.6) is 0 Å². The van der Waals surface area contributed by atoms with Crippen molar-refractivity contribution in [2.75, 3.05) is 0 Å². The molecule has 0 aliphatic carbocycles. The molecule has 0 aliphatic rings. The molecule has 1 N–H and O–H groups in total. The molecule has 12 heteroatoms. The van der Waals surface area contributed by atoms with E-state index < -0.39 is 11.2 Å². The molecule has 0 fully saturated rings. The number of aryl methyl sites for hydroxylation is 2. The van der Waals surface area contributed by atoms with Gasteiger partial charge in [0.2, 0.25) is 5.28 Å². The van der Waals surface area contributed by atoms with Crippen LogP contribution in [-0.2, 0) is 20.6 Å². The highest BCUT2D eigenvalue weighted by Gasteiger charge is 2.20. The molecule has 4 heterocycles. The number of aromatic amines is 1. The lowest BCUT2D eigenvalue weighted by Gasteiger charge is -2.09. The van der Waals surface area contributed by atoms with Crippen LogP contribution in [0.4, 0.5) is 0 Å². The van der Waals surface area contributed by atoms with Gasteiger partial charge in [-0.05, 0) is 42.8 Å². The van der Waals surface area contributed by atoms with Crippen molar-refractivity contribution in [2.24, 2.45) is 14.1 Å². The molecule has 1 aromatic carbocycles. The van der Waals surface area contributed by atoms with Gasteiger partial charge >= 0.3 is 5.69 Å². The fourth-order valence-corrected chi connectivity index (χ4v) is 4.30. The third-order valence-electron chi connectivity index (χ3n) is 5.59. The minimum absolute atomic E-state index is 0.0200. The molecule has 0 bridgehead atoms. The zero-order valence-corrected chi connectivity index (χ0v) is 19.3. The Hall–Kier alpha value is -3.63. The molecule has 4 aromatic heterocycles. The quantitative estimate of drug-likeness (QED) is 0.393. The molecule has 0 saturated carbocycles. The first-order valence-corrected chi connectivity index (χ1v) is 10.6. The number of halogens is 2. The van der Waals surface area contributed by atoms with Crippen molar-refractivity contribution in [3.63, 3.8) is 0 Å². The van der Waals surface area contributed by atoms with E-state index in [1.807, 2.05) is 0 Å². The van der Waals surface area contributed by atoms with E-state index in [0.29, 0.717) is 27.4 Å². The standard InChI is InChI=1S/C21H17Cl2N7O3/c1-10-15-14(31)8-12(24-17(15)30(26-10)13-6-4-11(22)5-7-13)9-29-16-18(25-20(29)23)27(2)21(33)28(3)19(16)32/h4-8H,9H2,1-3H3,(H,24,31). The van der Waals surface area contributed by atoms with Crippen molar-refractivity contribution in [2.45, 2.75) is 13.5 Å². The van der Waals surface area contributed by atoms with Gasteiger partial charge in [-0.1, -0.05) is 11.6 Å². The number of nitrogens with one attached hydrogen (secondary N) is 1. The number of fused-ring (bicyclic) bond motifs is 2. The topological polar surface area (TPSA) is 112 Å². The highest BCUT2D eigenvalue weighted by molar-refractivity contribution is 6.30. The summed E-state index contributed by atoms with van der Waals surface area (Å²) in [4.78, 5) is 45.4. The SMILES string of the molecule is Cc1nn(-c2ccc(Cl)cc2)c2[nH]c(Cn3c(Cl)nc4c3c(=O)n(C)c(=O)n4C)cc(=O)c12. The van der Waals surface area contributed by atoms with Crippen LogP contribution in [0.15, 0.2) is 44.7 Å². The first kappa shape index (κ1) is 21.2. The molecule has 0 unspecified atom stereocenters. The van der Waals surface area contributed by atoms with E-state index in [2.05, 4.69) is 15.1 Å².